The number of aromatic nitrogens is 1. The zero-order valence-electron chi connectivity index (χ0n) is 13.7. The molecule has 2 fully saturated rings. The summed E-state index contributed by atoms with van der Waals surface area (Å²) in [7, 11) is 0. The van der Waals surface area contributed by atoms with E-state index in [9.17, 15) is 4.79 Å². The normalized spacial score (nSPS) is 25.9. The quantitative estimate of drug-likeness (QED) is 0.862. The van der Waals surface area contributed by atoms with Gasteiger partial charge in [-0.25, -0.2) is 4.98 Å². The van der Waals surface area contributed by atoms with E-state index in [1.165, 1.54) is 5.01 Å². The maximum absolute atomic E-state index is 12.5. The average Bonchev–Trinajstić information content (AvgIpc) is 3.24. The fourth-order valence-electron chi connectivity index (χ4n) is 3.20. The van der Waals surface area contributed by atoms with Crippen molar-refractivity contribution in [3.8, 4) is 0 Å². The van der Waals surface area contributed by atoms with Gasteiger partial charge in [-0.2, -0.15) is 0 Å². The van der Waals surface area contributed by atoms with Gasteiger partial charge in [-0.05, 0) is 19.3 Å². The molecule has 3 heterocycles. The lowest BCUT2D eigenvalue weighted by Crippen LogP contribution is -2.51. The molecule has 128 valence electrons. The van der Waals surface area contributed by atoms with Crippen LogP contribution in [0, 0.1) is 0 Å². The third-order valence-corrected chi connectivity index (χ3v) is 5.66. The number of hydrogen-bond acceptors (Lipinski definition) is 6. The second kappa shape index (κ2) is 7.70. The summed E-state index contributed by atoms with van der Waals surface area (Å²) < 4.78 is 5.72. The number of nitrogens with two attached hydrogens (primary N) is 1. The minimum atomic E-state index is -0.277. The van der Waals surface area contributed by atoms with Crippen molar-refractivity contribution in [2.45, 2.75) is 44.9 Å². The molecule has 0 aliphatic carbocycles. The zero-order chi connectivity index (χ0) is 16.2. The predicted molar refractivity (Wildman–Crippen MR) is 90.3 cm³/mol. The van der Waals surface area contributed by atoms with Gasteiger partial charge >= 0.3 is 0 Å². The van der Waals surface area contributed by atoms with Crippen molar-refractivity contribution in [1.29, 1.82) is 0 Å². The average molecular weight is 338 g/mol. The number of piperazine rings is 1. The van der Waals surface area contributed by atoms with Crippen molar-refractivity contribution in [2.24, 2.45) is 5.73 Å². The van der Waals surface area contributed by atoms with Crippen LogP contribution in [-0.2, 0) is 22.5 Å². The van der Waals surface area contributed by atoms with Crippen LogP contribution in [0.15, 0.2) is 5.38 Å². The molecule has 0 saturated carbocycles. The highest BCUT2D eigenvalue weighted by atomic mass is 32.1. The van der Waals surface area contributed by atoms with Crippen LogP contribution in [0.5, 0.6) is 0 Å². The Balaban J connectivity index is 1.45. The van der Waals surface area contributed by atoms with E-state index < -0.39 is 0 Å². The highest BCUT2D eigenvalue weighted by Gasteiger charge is 2.34. The van der Waals surface area contributed by atoms with Gasteiger partial charge in [-0.3, -0.25) is 9.69 Å². The van der Waals surface area contributed by atoms with Gasteiger partial charge in [0.05, 0.1) is 16.8 Å². The summed E-state index contributed by atoms with van der Waals surface area (Å²) in [5, 5.41) is 3.34. The number of thiazole rings is 1. The van der Waals surface area contributed by atoms with Crippen LogP contribution in [0.2, 0.25) is 0 Å². The molecule has 1 aromatic rings. The first-order valence-corrected chi connectivity index (χ1v) is 9.37. The number of nitrogens with zero attached hydrogens (tertiary/aromatic N) is 3. The van der Waals surface area contributed by atoms with Gasteiger partial charge in [0.25, 0.3) is 5.91 Å². The summed E-state index contributed by atoms with van der Waals surface area (Å²) in [5.74, 6) is 0.141. The van der Waals surface area contributed by atoms with Gasteiger partial charge in [0, 0.05) is 44.6 Å². The van der Waals surface area contributed by atoms with Gasteiger partial charge in [-0.1, -0.05) is 6.92 Å². The lowest BCUT2D eigenvalue weighted by molar-refractivity contribution is -0.144. The van der Waals surface area contributed by atoms with Crippen LogP contribution in [0.25, 0.3) is 0 Å². The minimum absolute atomic E-state index is 0.0580. The Kier molecular flexibility index (Phi) is 5.63. The molecule has 2 N–H and O–H groups in total. The number of aryl methyl sites for hydroxylation is 1. The van der Waals surface area contributed by atoms with Crippen LogP contribution in [0.3, 0.4) is 0 Å². The van der Waals surface area contributed by atoms with Gasteiger partial charge in [0.2, 0.25) is 0 Å². The summed E-state index contributed by atoms with van der Waals surface area (Å²) in [4.78, 5) is 21.4. The van der Waals surface area contributed by atoms with E-state index in [1.54, 1.807) is 11.3 Å². The third-order valence-electron chi connectivity index (χ3n) is 4.62. The number of carbonyl (C=O) groups is 1. The monoisotopic (exact) mass is 338 g/mol. The Morgan fingerprint density at radius 2 is 2.17 bits per heavy atom. The summed E-state index contributed by atoms with van der Waals surface area (Å²) in [6.45, 7) is 6.87. The number of hydrogen-bond donors (Lipinski definition) is 1. The number of carbonyl (C=O) groups excluding carboxylic acids is 1. The SMILES string of the molecule is CCc1nc(CN2CCN(C(=O)[C@@H]3CC[C@H](CN)O3)CC2)cs1. The van der Waals surface area contributed by atoms with Crippen LogP contribution < -0.4 is 5.73 Å². The van der Waals surface area contributed by atoms with E-state index in [2.05, 4.69) is 22.2 Å². The van der Waals surface area contributed by atoms with Gasteiger partial charge < -0.3 is 15.4 Å². The fraction of sp³-hybridized carbons (Fsp3) is 0.750. The molecule has 2 atom stereocenters. The van der Waals surface area contributed by atoms with Gasteiger partial charge in [0.15, 0.2) is 0 Å². The second-order valence-electron chi connectivity index (χ2n) is 6.25. The van der Waals surface area contributed by atoms with Crippen LogP contribution in [0.1, 0.15) is 30.5 Å². The largest absolute Gasteiger partial charge is 0.364 e. The van der Waals surface area contributed by atoms with Crippen LogP contribution in [0.4, 0.5) is 0 Å². The maximum atomic E-state index is 12.5. The summed E-state index contributed by atoms with van der Waals surface area (Å²) in [6.07, 6.45) is 2.48. The van der Waals surface area contributed by atoms with Gasteiger partial charge in [-0.15, -0.1) is 11.3 Å². The van der Waals surface area contributed by atoms with Crippen molar-refractivity contribution in [1.82, 2.24) is 14.8 Å². The molecule has 1 aromatic heterocycles. The molecule has 0 bridgehead atoms. The summed E-state index contributed by atoms with van der Waals surface area (Å²) in [5.41, 5.74) is 6.77. The molecule has 7 heteroatoms. The van der Waals surface area contributed by atoms with E-state index >= 15 is 0 Å². The van der Waals surface area contributed by atoms with E-state index in [-0.39, 0.29) is 18.1 Å². The van der Waals surface area contributed by atoms with E-state index in [4.69, 9.17) is 10.5 Å². The van der Waals surface area contributed by atoms with Gasteiger partial charge in [0.1, 0.15) is 6.10 Å². The second-order valence-corrected chi connectivity index (χ2v) is 7.19. The molecule has 3 rings (SSSR count). The van der Waals surface area contributed by atoms with Crippen molar-refractivity contribution >= 4 is 17.2 Å². The first-order valence-electron chi connectivity index (χ1n) is 8.49. The first-order chi connectivity index (χ1) is 11.2. The van der Waals surface area contributed by atoms with Crippen LogP contribution in [-0.4, -0.2) is 65.6 Å². The lowest BCUT2D eigenvalue weighted by Gasteiger charge is -2.35. The van der Waals surface area contributed by atoms with E-state index in [0.717, 1.165) is 57.7 Å². The van der Waals surface area contributed by atoms with Crippen molar-refractivity contribution in [3.05, 3.63) is 16.1 Å². The highest BCUT2D eigenvalue weighted by Crippen LogP contribution is 2.21. The minimum Gasteiger partial charge on any atom is -0.364 e. The molecule has 0 radical (unpaired) electrons. The molecule has 6 nitrogen and oxygen atoms in total. The fourth-order valence-corrected chi connectivity index (χ4v) is 3.94. The molecule has 23 heavy (non-hydrogen) atoms. The molecule has 2 aliphatic heterocycles. The van der Waals surface area contributed by atoms with Crippen molar-refractivity contribution in [2.75, 3.05) is 32.7 Å². The van der Waals surface area contributed by atoms with Crippen molar-refractivity contribution < 1.29 is 9.53 Å². The zero-order valence-corrected chi connectivity index (χ0v) is 14.6. The molecule has 0 unspecified atom stereocenters. The Morgan fingerprint density at radius 3 is 2.78 bits per heavy atom. The number of rotatable bonds is 5. The van der Waals surface area contributed by atoms with E-state index in [1.807, 2.05) is 4.90 Å². The Morgan fingerprint density at radius 1 is 1.39 bits per heavy atom. The third kappa shape index (κ3) is 4.09. The smallest absolute Gasteiger partial charge is 0.251 e. The molecule has 0 aromatic carbocycles. The lowest BCUT2D eigenvalue weighted by atomic mass is 10.1. The maximum Gasteiger partial charge on any atom is 0.251 e. The van der Waals surface area contributed by atoms with E-state index in [0.29, 0.717) is 6.54 Å². The summed E-state index contributed by atoms with van der Waals surface area (Å²) >= 11 is 1.73. The highest BCUT2D eigenvalue weighted by molar-refractivity contribution is 7.09. The topological polar surface area (TPSA) is 71.7 Å². The summed E-state index contributed by atoms with van der Waals surface area (Å²) in [6, 6.07) is 0. The Bertz CT molecular complexity index is 528. The molecule has 2 saturated heterocycles. The Labute approximate surface area is 141 Å². The molecule has 2 aliphatic rings. The first kappa shape index (κ1) is 16.8. The standard InChI is InChI=1S/C16H26N4O2S/c1-2-15-18-12(11-23-15)10-19-5-7-20(8-6-19)16(21)14-4-3-13(9-17)22-14/h11,13-14H,2-10,17H2,1H3/t13-,14+/m1/s1. The van der Waals surface area contributed by atoms with Crippen molar-refractivity contribution in [3.63, 3.8) is 0 Å². The number of ether oxygens (including phenoxy) is 1. The number of amides is 1. The van der Waals surface area contributed by atoms with Crippen LogP contribution >= 0.6 is 11.3 Å². The predicted octanol–water partition coefficient (Wildman–Crippen LogP) is 0.856. The molecule has 0 spiro atoms. The molecular formula is C16H26N4O2S. The molecular weight excluding hydrogens is 312 g/mol. The Hall–Kier alpha value is -1.02. The molecule has 1 amide bonds.